The normalized spacial score (nSPS) is 9.11. The molecule has 3 N–H and O–H groups in total. The molecule has 1 aromatic carbocycles. The zero-order valence-corrected chi connectivity index (χ0v) is 10.3. The van der Waals surface area contributed by atoms with Crippen LogP contribution in [-0.4, -0.2) is 26.8 Å². The molecular formula is C13H13N3O3. The van der Waals surface area contributed by atoms with Crippen molar-refractivity contribution < 1.29 is 14.7 Å². The molecule has 0 saturated carbocycles. The highest BCUT2D eigenvalue weighted by Crippen LogP contribution is 2.09. The third kappa shape index (κ3) is 4.55. The number of carboxylic acids is 1. The number of aromatic carboxylic acids is 1. The summed E-state index contributed by atoms with van der Waals surface area (Å²) in [5.74, 6) is -1.04. The molecule has 0 fully saturated rings. The highest BCUT2D eigenvalue weighted by molar-refractivity contribution is 5.93. The second kappa shape index (κ2) is 6.85. The van der Waals surface area contributed by atoms with Crippen LogP contribution in [0.15, 0.2) is 42.9 Å². The smallest absolute Gasteiger partial charge is 0.337 e. The van der Waals surface area contributed by atoms with Crippen molar-refractivity contribution in [2.24, 2.45) is 0 Å². The second-order valence-corrected chi connectivity index (χ2v) is 3.54. The molecule has 0 unspecified atom stereocenters. The van der Waals surface area contributed by atoms with Crippen molar-refractivity contribution in [2.45, 2.75) is 6.92 Å². The lowest BCUT2D eigenvalue weighted by molar-refractivity contribution is 0.0698. The van der Waals surface area contributed by atoms with Gasteiger partial charge in [-0.2, -0.15) is 0 Å². The fourth-order valence-electron chi connectivity index (χ4n) is 1.17. The van der Waals surface area contributed by atoms with Crippen LogP contribution in [-0.2, 0) is 0 Å². The van der Waals surface area contributed by atoms with E-state index in [1.165, 1.54) is 31.6 Å². The van der Waals surface area contributed by atoms with Crippen molar-refractivity contribution in [1.29, 1.82) is 0 Å². The number of anilines is 1. The molecule has 6 nitrogen and oxygen atoms in total. The number of hydrogen-bond donors (Lipinski definition) is 2. The topological polar surface area (TPSA) is 106 Å². The van der Waals surface area contributed by atoms with E-state index in [1.807, 2.05) is 0 Å². The molecule has 1 heterocycles. The Balaban J connectivity index is 0.000000191. The molecule has 0 radical (unpaired) electrons. The molecule has 0 bridgehead atoms. The Morgan fingerprint density at radius 3 is 2.26 bits per heavy atom. The lowest BCUT2D eigenvalue weighted by Crippen LogP contribution is -2.00. The minimum atomic E-state index is -0.988. The van der Waals surface area contributed by atoms with Gasteiger partial charge in [0.05, 0.1) is 11.8 Å². The van der Waals surface area contributed by atoms with E-state index in [9.17, 15) is 9.59 Å². The highest BCUT2D eigenvalue weighted by atomic mass is 16.4. The summed E-state index contributed by atoms with van der Waals surface area (Å²) in [6, 6.07) is 6.36. The molecule has 0 aliphatic heterocycles. The van der Waals surface area contributed by atoms with Gasteiger partial charge < -0.3 is 10.8 Å². The molecular weight excluding hydrogens is 246 g/mol. The first-order valence-corrected chi connectivity index (χ1v) is 5.37. The number of aromatic nitrogens is 2. The van der Waals surface area contributed by atoms with Gasteiger partial charge in [0.25, 0.3) is 0 Å². The maximum absolute atomic E-state index is 10.5. The maximum atomic E-state index is 10.5. The van der Waals surface area contributed by atoms with E-state index in [4.69, 9.17) is 10.8 Å². The molecule has 2 aromatic rings. The summed E-state index contributed by atoms with van der Waals surface area (Å²) >= 11 is 0. The first-order chi connectivity index (χ1) is 9.02. The Hall–Kier alpha value is -2.76. The van der Waals surface area contributed by atoms with E-state index in [-0.39, 0.29) is 11.3 Å². The number of carbonyl (C=O) groups is 2. The van der Waals surface area contributed by atoms with E-state index in [1.54, 1.807) is 18.2 Å². The molecule has 19 heavy (non-hydrogen) atoms. The largest absolute Gasteiger partial charge is 0.478 e. The number of rotatable bonds is 2. The number of carboxylic acid groups (broad SMARTS) is 1. The lowest BCUT2D eigenvalue weighted by atomic mass is 10.2. The summed E-state index contributed by atoms with van der Waals surface area (Å²) in [4.78, 5) is 28.4. The van der Waals surface area contributed by atoms with Crippen molar-refractivity contribution in [3.05, 3.63) is 54.1 Å². The lowest BCUT2D eigenvalue weighted by Gasteiger charge is -1.96. The van der Waals surface area contributed by atoms with E-state index >= 15 is 0 Å². The highest BCUT2D eigenvalue weighted by Gasteiger charge is 2.03. The van der Waals surface area contributed by atoms with E-state index in [0.717, 1.165) is 0 Å². The number of nitrogen functional groups attached to an aromatic ring is 1. The number of para-hydroxylation sites is 1. The van der Waals surface area contributed by atoms with Gasteiger partial charge >= 0.3 is 5.97 Å². The second-order valence-electron chi connectivity index (χ2n) is 3.54. The molecule has 0 spiro atoms. The zero-order chi connectivity index (χ0) is 14.3. The standard InChI is InChI=1S/C7H7NO2.C6H6N2O/c8-6-4-2-1-3-5(6)7(9)10;1-5(9)6-4-7-2-3-8-6/h1-4H,8H2,(H,9,10);2-4H,1H3. The Labute approximate surface area is 109 Å². The van der Waals surface area contributed by atoms with Crippen molar-refractivity contribution in [3.63, 3.8) is 0 Å². The van der Waals surface area contributed by atoms with Gasteiger partial charge in [-0.05, 0) is 12.1 Å². The first-order valence-electron chi connectivity index (χ1n) is 5.37. The van der Waals surface area contributed by atoms with E-state index in [0.29, 0.717) is 11.4 Å². The molecule has 0 atom stereocenters. The molecule has 0 amide bonds. The number of carbonyl (C=O) groups excluding carboxylic acids is 1. The molecule has 98 valence electrons. The fraction of sp³-hybridized carbons (Fsp3) is 0.0769. The Morgan fingerprint density at radius 2 is 1.89 bits per heavy atom. The summed E-state index contributed by atoms with van der Waals surface area (Å²) < 4.78 is 0. The predicted molar refractivity (Wildman–Crippen MR) is 69.9 cm³/mol. The van der Waals surface area contributed by atoms with Gasteiger partial charge in [0.15, 0.2) is 5.78 Å². The predicted octanol–water partition coefficient (Wildman–Crippen LogP) is 1.65. The van der Waals surface area contributed by atoms with Crippen LogP contribution in [0.4, 0.5) is 5.69 Å². The maximum Gasteiger partial charge on any atom is 0.337 e. The van der Waals surface area contributed by atoms with Crippen LogP contribution in [0.3, 0.4) is 0 Å². The first kappa shape index (κ1) is 14.3. The van der Waals surface area contributed by atoms with Gasteiger partial charge in [-0.3, -0.25) is 9.78 Å². The molecule has 6 heteroatoms. The van der Waals surface area contributed by atoms with Crippen molar-refractivity contribution in [3.8, 4) is 0 Å². The summed E-state index contributed by atoms with van der Waals surface area (Å²) in [5, 5.41) is 8.49. The van der Waals surface area contributed by atoms with Gasteiger partial charge in [0.2, 0.25) is 0 Å². The van der Waals surface area contributed by atoms with E-state index < -0.39 is 5.97 Å². The molecule has 2 rings (SSSR count). The number of Topliss-reactive ketones (excluding diaryl/α,β-unsaturated/α-hetero) is 1. The molecule has 0 aliphatic rings. The SMILES string of the molecule is CC(=O)c1cnccn1.Nc1ccccc1C(=O)O. The van der Waals surface area contributed by atoms with Crippen LogP contribution in [0.1, 0.15) is 27.8 Å². The third-order valence-corrected chi connectivity index (χ3v) is 2.12. The van der Waals surface area contributed by atoms with Crippen LogP contribution < -0.4 is 5.73 Å². The summed E-state index contributed by atoms with van der Waals surface area (Å²) in [5.41, 5.74) is 6.21. The average molecular weight is 259 g/mol. The van der Waals surface area contributed by atoms with Gasteiger partial charge in [0, 0.05) is 25.0 Å². The van der Waals surface area contributed by atoms with Gasteiger partial charge in [-0.25, -0.2) is 9.78 Å². The fourth-order valence-corrected chi connectivity index (χ4v) is 1.17. The minimum absolute atomic E-state index is 0.0527. The van der Waals surface area contributed by atoms with Crippen molar-refractivity contribution in [2.75, 3.05) is 5.73 Å². The van der Waals surface area contributed by atoms with Crippen LogP contribution in [0.25, 0.3) is 0 Å². The number of ketones is 1. The average Bonchev–Trinajstić information content (AvgIpc) is 2.40. The third-order valence-electron chi connectivity index (χ3n) is 2.12. The van der Waals surface area contributed by atoms with Crippen LogP contribution in [0, 0.1) is 0 Å². The van der Waals surface area contributed by atoms with Gasteiger partial charge in [-0.15, -0.1) is 0 Å². The number of hydrogen-bond acceptors (Lipinski definition) is 5. The number of nitrogens with two attached hydrogens (primary N) is 1. The Morgan fingerprint density at radius 1 is 1.21 bits per heavy atom. The Bertz CT molecular complexity index is 570. The zero-order valence-electron chi connectivity index (χ0n) is 10.3. The van der Waals surface area contributed by atoms with Crippen molar-refractivity contribution >= 4 is 17.4 Å². The monoisotopic (exact) mass is 259 g/mol. The van der Waals surface area contributed by atoms with Gasteiger partial charge in [-0.1, -0.05) is 12.1 Å². The summed E-state index contributed by atoms with van der Waals surface area (Å²) in [6.45, 7) is 1.46. The minimum Gasteiger partial charge on any atom is -0.478 e. The molecule has 0 saturated heterocycles. The Kier molecular flexibility index (Phi) is 5.16. The molecule has 0 aliphatic carbocycles. The molecule has 1 aromatic heterocycles. The summed E-state index contributed by atoms with van der Waals surface area (Å²) in [7, 11) is 0. The van der Waals surface area contributed by atoms with Crippen LogP contribution >= 0.6 is 0 Å². The number of nitrogens with zero attached hydrogens (tertiary/aromatic N) is 2. The van der Waals surface area contributed by atoms with Gasteiger partial charge in [0.1, 0.15) is 5.69 Å². The quantitative estimate of drug-likeness (QED) is 0.627. The van der Waals surface area contributed by atoms with E-state index in [2.05, 4.69) is 9.97 Å². The summed E-state index contributed by atoms with van der Waals surface area (Å²) in [6.07, 6.45) is 4.48. The van der Waals surface area contributed by atoms with Crippen molar-refractivity contribution in [1.82, 2.24) is 9.97 Å². The number of benzene rings is 1. The van der Waals surface area contributed by atoms with Crippen LogP contribution in [0.2, 0.25) is 0 Å². The van der Waals surface area contributed by atoms with Crippen LogP contribution in [0.5, 0.6) is 0 Å².